The number of para-hydroxylation sites is 1. The van der Waals surface area contributed by atoms with Gasteiger partial charge in [0, 0.05) is 24.4 Å². The van der Waals surface area contributed by atoms with Gasteiger partial charge in [0.25, 0.3) is 0 Å². The van der Waals surface area contributed by atoms with Gasteiger partial charge in [0.2, 0.25) is 11.8 Å². The van der Waals surface area contributed by atoms with Crippen LogP contribution in [-0.2, 0) is 9.59 Å². The van der Waals surface area contributed by atoms with E-state index in [1.165, 1.54) is 11.8 Å². The normalized spacial score (nSPS) is 17.0. The van der Waals surface area contributed by atoms with E-state index in [2.05, 4.69) is 5.32 Å². The third-order valence-corrected chi connectivity index (χ3v) is 4.56. The van der Waals surface area contributed by atoms with Crippen molar-refractivity contribution in [3.63, 3.8) is 0 Å². The smallest absolute Gasteiger partial charge is 0.238 e. The third kappa shape index (κ3) is 3.98. The molecule has 114 valence electrons. The van der Waals surface area contributed by atoms with Gasteiger partial charge in [-0.05, 0) is 18.6 Å². The number of rotatable bonds is 6. The summed E-state index contributed by atoms with van der Waals surface area (Å²) < 4.78 is 0. The number of nitrogens with zero attached hydrogens (tertiary/aromatic N) is 1. The van der Waals surface area contributed by atoms with Gasteiger partial charge < -0.3 is 15.3 Å². The summed E-state index contributed by atoms with van der Waals surface area (Å²) in [6.07, 6.45) is 0.989. The number of aliphatic hydroxyl groups excluding tert-OH is 1. The van der Waals surface area contributed by atoms with Crippen molar-refractivity contribution in [1.82, 2.24) is 4.90 Å². The Bertz CT molecular complexity index is 515. The van der Waals surface area contributed by atoms with E-state index in [0.717, 1.165) is 17.0 Å². The summed E-state index contributed by atoms with van der Waals surface area (Å²) >= 11 is 1.42. The fourth-order valence-corrected chi connectivity index (χ4v) is 3.37. The SMILES string of the molecule is CCCN(CCO)C(=O)C[C@H]1Sc2ccccc2NC1=O. The van der Waals surface area contributed by atoms with Crippen LogP contribution in [0, 0.1) is 0 Å². The molecule has 0 aromatic heterocycles. The molecular formula is C15H20N2O3S. The minimum absolute atomic E-state index is 0.0570. The van der Waals surface area contributed by atoms with Crippen molar-refractivity contribution in [2.45, 2.75) is 29.9 Å². The number of fused-ring (bicyclic) bond motifs is 1. The molecule has 2 amide bonds. The maximum Gasteiger partial charge on any atom is 0.238 e. The van der Waals surface area contributed by atoms with E-state index in [1.807, 2.05) is 31.2 Å². The summed E-state index contributed by atoms with van der Waals surface area (Å²) in [5.41, 5.74) is 0.803. The first-order valence-electron chi connectivity index (χ1n) is 7.11. The van der Waals surface area contributed by atoms with Crippen LogP contribution in [-0.4, -0.2) is 46.8 Å². The van der Waals surface area contributed by atoms with Crippen molar-refractivity contribution >= 4 is 29.3 Å². The fraction of sp³-hybridized carbons (Fsp3) is 0.467. The molecule has 1 aliphatic heterocycles. The van der Waals surface area contributed by atoms with Crippen LogP contribution >= 0.6 is 11.8 Å². The number of amides is 2. The van der Waals surface area contributed by atoms with Crippen molar-refractivity contribution in [3.8, 4) is 0 Å². The molecule has 0 radical (unpaired) electrons. The molecule has 1 aromatic carbocycles. The van der Waals surface area contributed by atoms with Gasteiger partial charge in [0.05, 0.1) is 17.5 Å². The molecule has 0 bridgehead atoms. The Hall–Kier alpha value is -1.53. The quantitative estimate of drug-likeness (QED) is 0.839. The van der Waals surface area contributed by atoms with Crippen LogP contribution in [0.25, 0.3) is 0 Å². The number of aliphatic hydroxyl groups is 1. The zero-order valence-corrected chi connectivity index (χ0v) is 12.9. The molecule has 1 heterocycles. The minimum atomic E-state index is -0.412. The van der Waals surface area contributed by atoms with E-state index in [0.29, 0.717) is 13.1 Å². The van der Waals surface area contributed by atoms with Crippen LogP contribution < -0.4 is 5.32 Å². The molecule has 0 spiro atoms. The maximum absolute atomic E-state index is 12.3. The van der Waals surface area contributed by atoms with E-state index in [1.54, 1.807) is 4.90 Å². The lowest BCUT2D eigenvalue weighted by Crippen LogP contribution is -2.39. The minimum Gasteiger partial charge on any atom is -0.395 e. The first-order chi connectivity index (χ1) is 10.2. The molecular weight excluding hydrogens is 288 g/mol. The van der Waals surface area contributed by atoms with Crippen molar-refractivity contribution < 1.29 is 14.7 Å². The number of carbonyl (C=O) groups excluding carboxylic acids is 2. The second-order valence-electron chi connectivity index (χ2n) is 4.90. The van der Waals surface area contributed by atoms with E-state index >= 15 is 0 Å². The first-order valence-corrected chi connectivity index (χ1v) is 7.98. The Morgan fingerprint density at radius 1 is 1.38 bits per heavy atom. The van der Waals surface area contributed by atoms with E-state index in [4.69, 9.17) is 5.11 Å². The van der Waals surface area contributed by atoms with Crippen molar-refractivity contribution in [3.05, 3.63) is 24.3 Å². The van der Waals surface area contributed by atoms with Gasteiger partial charge in [0.15, 0.2) is 0 Å². The van der Waals surface area contributed by atoms with Crippen LogP contribution in [0.15, 0.2) is 29.2 Å². The molecule has 2 N–H and O–H groups in total. The number of thioether (sulfide) groups is 1. The largest absolute Gasteiger partial charge is 0.395 e. The number of hydrogen-bond donors (Lipinski definition) is 2. The Kier molecular flexibility index (Phi) is 5.64. The molecule has 0 saturated carbocycles. The highest BCUT2D eigenvalue weighted by Crippen LogP contribution is 2.36. The van der Waals surface area contributed by atoms with Gasteiger partial charge in [-0.15, -0.1) is 11.8 Å². The Labute approximate surface area is 128 Å². The van der Waals surface area contributed by atoms with Crippen LogP contribution in [0.2, 0.25) is 0 Å². The predicted octanol–water partition coefficient (Wildman–Crippen LogP) is 1.72. The third-order valence-electron chi connectivity index (χ3n) is 3.28. The van der Waals surface area contributed by atoms with Crippen LogP contribution in [0.3, 0.4) is 0 Å². The molecule has 0 saturated heterocycles. The Morgan fingerprint density at radius 2 is 2.14 bits per heavy atom. The number of benzene rings is 1. The molecule has 5 nitrogen and oxygen atoms in total. The monoisotopic (exact) mass is 308 g/mol. The molecule has 0 aliphatic carbocycles. The molecule has 1 aromatic rings. The lowest BCUT2D eigenvalue weighted by Gasteiger charge is -2.26. The van der Waals surface area contributed by atoms with Gasteiger partial charge in [-0.3, -0.25) is 9.59 Å². The van der Waals surface area contributed by atoms with Gasteiger partial charge in [-0.2, -0.15) is 0 Å². The number of carbonyl (C=O) groups is 2. The van der Waals surface area contributed by atoms with E-state index in [-0.39, 0.29) is 24.8 Å². The van der Waals surface area contributed by atoms with Gasteiger partial charge in [0.1, 0.15) is 0 Å². The highest BCUT2D eigenvalue weighted by Gasteiger charge is 2.30. The summed E-state index contributed by atoms with van der Waals surface area (Å²) in [5.74, 6) is -0.217. The maximum atomic E-state index is 12.3. The molecule has 21 heavy (non-hydrogen) atoms. The molecule has 0 unspecified atom stereocenters. The lowest BCUT2D eigenvalue weighted by molar-refractivity contribution is -0.133. The Morgan fingerprint density at radius 3 is 2.86 bits per heavy atom. The second-order valence-corrected chi connectivity index (χ2v) is 6.14. The predicted molar refractivity (Wildman–Crippen MR) is 83.3 cm³/mol. The number of nitrogens with one attached hydrogen (secondary N) is 1. The van der Waals surface area contributed by atoms with Gasteiger partial charge in [-0.25, -0.2) is 0 Å². The van der Waals surface area contributed by atoms with Crippen LogP contribution in [0.1, 0.15) is 19.8 Å². The summed E-state index contributed by atoms with van der Waals surface area (Å²) in [7, 11) is 0. The van der Waals surface area contributed by atoms with Gasteiger partial charge >= 0.3 is 0 Å². The average Bonchev–Trinajstić information content (AvgIpc) is 2.47. The van der Waals surface area contributed by atoms with E-state index in [9.17, 15) is 9.59 Å². The zero-order valence-electron chi connectivity index (χ0n) is 12.0. The zero-order chi connectivity index (χ0) is 15.2. The molecule has 6 heteroatoms. The molecule has 1 atom stereocenters. The molecule has 0 fully saturated rings. The number of anilines is 1. The summed E-state index contributed by atoms with van der Waals surface area (Å²) in [5, 5.41) is 11.4. The summed E-state index contributed by atoms with van der Waals surface area (Å²) in [4.78, 5) is 27.0. The second kappa shape index (κ2) is 7.47. The van der Waals surface area contributed by atoms with Gasteiger partial charge in [-0.1, -0.05) is 19.1 Å². The Balaban J connectivity index is 2.02. The average molecular weight is 308 g/mol. The standard InChI is InChI=1S/C15H20N2O3S/c1-2-7-17(8-9-18)14(19)10-13-15(20)16-11-5-3-4-6-12(11)21-13/h3-6,13,18H,2,7-10H2,1H3,(H,16,20)/t13-/m1/s1. The molecule has 2 rings (SSSR count). The highest BCUT2D eigenvalue weighted by atomic mass is 32.2. The van der Waals surface area contributed by atoms with Crippen molar-refractivity contribution in [1.29, 1.82) is 0 Å². The van der Waals surface area contributed by atoms with Crippen molar-refractivity contribution in [2.75, 3.05) is 25.0 Å². The van der Waals surface area contributed by atoms with Crippen LogP contribution in [0.4, 0.5) is 5.69 Å². The topological polar surface area (TPSA) is 69.6 Å². The molecule has 1 aliphatic rings. The lowest BCUT2D eigenvalue weighted by atomic mass is 10.2. The summed E-state index contributed by atoms with van der Waals surface area (Å²) in [6.45, 7) is 2.85. The van der Waals surface area contributed by atoms with Crippen molar-refractivity contribution in [2.24, 2.45) is 0 Å². The number of hydrogen-bond acceptors (Lipinski definition) is 4. The highest BCUT2D eigenvalue weighted by molar-refractivity contribution is 8.01. The fourth-order valence-electron chi connectivity index (χ4n) is 2.27. The summed E-state index contributed by atoms with van der Waals surface area (Å²) in [6, 6.07) is 7.58. The first kappa shape index (κ1) is 15.9. The van der Waals surface area contributed by atoms with Crippen LogP contribution in [0.5, 0.6) is 0 Å². The van der Waals surface area contributed by atoms with E-state index < -0.39 is 5.25 Å².